The number of benzene rings is 3. The summed E-state index contributed by atoms with van der Waals surface area (Å²) >= 11 is 0. The maximum atomic E-state index is 14.3. The molecule has 0 bridgehead atoms. The Hall–Kier alpha value is -5.91. The van der Waals surface area contributed by atoms with Gasteiger partial charge in [-0.3, -0.25) is 14.4 Å². The number of carbonyl (C=O) groups is 4. The SMILES string of the molecule is CC(C)(C)OC(=O)NC(C)(C)C(=O)N[C@H](Cc1c[nH]c2ccccc12)C(=O)Nc1cn(C(C)(C(=O)N2CCCC2)c2ccc(-c3ccccc3)cc2)cn1. The largest absolute Gasteiger partial charge is 0.444 e. The Labute approximate surface area is 315 Å². The highest BCUT2D eigenvalue weighted by Gasteiger charge is 2.41. The Morgan fingerprint density at radius 2 is 1.50 bits per heavy atom. The maximum Gasteiger partial charge on any atom is 0.408 e. The van der Waals surface area contributed by atoms with E-state index in [4.69, 9.17) is 4.74 Å². The quantitative estimate of drug-likeness (QED) is 0.124. The molecule has 2 atom stereocenters. The lowest BCUT2D eigenvalue weighted by atomic mass is 9.88. The van der Waals surface area contributed by atoms with Gasteiger partial charge >= 0.3 is 6.09 Å². The molecule has 282 valence electrons. The van der Waals surface area contributed by atoms with E-state index in [-0.39, 0.29) is 18.1 Å². The standard InChI is InChI=1S/C42H49N7O5/c1-40(2,3)54-39(53)47-41(4,5)37(51)45-34(24-30-25-43-33-17-11-10-16-32(30)33)36(50)46-35-26-49(27-44-35)42(6,38(52)48-22-12-13-23-48)31-20-18-29(19-21-31)28-14-8-7-9-15-28/h7-11,14-21,25-27,34,43H,12-13,22-24H2,1-6H3,(H,45,51)(H,46,50)(H,47,53)/t34-,42?/m1/s1. The fourth-order valence-electron chi connectivity index (χ4n) is 6.76. The summed E-state index contributed by atoms with van der Waals surface area (Å²) in [5, 5.41) is 9.26. The zero-order valence-corrected chi connectivity index (χ0v) is 31.7. The number of rotatable bonds is 11. The topological polar surface area (TPSA) is 150 Å². The molecule has 5 aromatic rings. The van der Waals surface area contributed by atoms with Crippen molar-refractivity contribution in [3.8, 4) is 11.1 Å². The normalized spacial score (nSPS) is 15.0. The molecule has 0 aliphatic carbocycles. The first kappa shape index (κ1) is 37.8. The first-order valence-electron chi connectivity index (χ1n) is 18.3. The van der Waals surface area contributed by atoms with Crippen LogP contribution in [0.3, 0.4) is 0 Å². The number of amides is 4. The van der Waals surface area contributed by atoms with Crippen molar-refractivity contribution in [2.24, 2.45) is 0 Å². The highest BCUT2D eigenvalue weighted by molar-refractivity contribution is 5.99. The molecule has 1 unspecified atom stereocenters. The van der Waals surface area contributed by atoms with Crippen molar-refractivity contribution in [3.05, 3.63) is 109 Å². The Balaban J connectivity index is 1.27. The van der Waals surface area contributed by atoms with E-state index >= 15 is 0 Å². The molecule has 12 heteroatoms. The van der Waals surface area contributed by atoms with Gasteiger partial charge in [0, 0.05) is 42.8 Å². The van der Waals surface area contributed by atoms with Crippen LogP contribution in [0.25, 0.3) is 22.0 Å². The molecule has 0 radical (unpaired) electrons. The third kappa shape index (κ3) is 8.33. The van der Waals surface area contributed by atoms with Gasteiger partial charge in [-0.05, 0) is 82.7 Å². The number of H-pyrrole nitrogens is 1. The highest BCUT2D eigenvalue weighted by atomic mass is 16.6. The lowest BCUT2D eigenvalue weighted by molar-refractivity contribution is -0.137. The zero-order chi connectivity index (χ0) is 38.7. The van der Waals surface area contributed by atoms with Crippen molar-refractivity contribution in [1.82, 2.24) is 30.1 Å². The van der Waals surface area contributed by atoms with Gasteiger partial charge in [-0.1, -0.05) is 72.8 Å². The first-order valence-corrected chi connectivity index (χ1v) is 18.3. The Morgan fingerprint density at radius 1 is 0.852 bits per heavy atom. The summed E-state index contributed by atoms with van der Waals surface area (Å²) in [6.45, 7) is 11.5. The molecule has 2 aromatic heterocycles. The number of ether oxygens (including phenoxy) is 1. The lowest BCUT2D eigenvalue weighted by Gasteiger charge is -2.34. The molecule has 0 spiro atoms. The van der Waals surface area contributed by atoms with Crippen LogP contribution in [0.2, 0.25) is 0 Å². The molecule has 1 fully saturated rings. The van der Waals surface area contributed by atoms with E-state index in [1.54, 1.807) is 51.7 Å². The molecule has 6 rings (SSSR count). The van der Waals surface area contributed by atoms with Crippen LogP contribution in [0.15, 0.2) is 97.6 Å². The van der Waals surface area contributed by atoms with Crippen LogP contribution in [0.4, 0.5) is 10.6 Å². The molecule has 1 saturated heterocycles. The number of aromatic nitrogens is 3. The number of hydrogen-bond donors (Lipinski definition) is 4. The van der Waals surface area contributed by atoms with Crippen LogP contribution in [0.1, 0.15) is 65.5 Å². The fourth-order valence-corrected chi connectivity index (χ4v) is 6.76. The number of para-hydroxylation sites is 1. The summed E-state index contributed by atoms with van der Waals surface area (Å²) in [5.41, 5.74) is 1.24. The number of aromatic amines is 1. The zero-order valence-electron chi connectivity index (χ0n) is 31.7. The molecule has 3 heterocycles. The molecule has 0 saturated carbocycles. The van der Waals surface area contributed by atoms with Gasteiger partial charge in [0.2, 0.25) is 11.8 Å². The summed E-state index contributed by atoms with van der Waals surface area (Å²) in [4.78, 5) is 64.4. The van der Waals surface area contributed by atoms with Gasteiger partial charge in [-0.25, -0.2) is 9.78 Å². The molecule has 1 aliphatic heterocycles. The minimum atomic E-state index is -1.42. The fraction of sp³-hybridized carbons (Fsp3) is 0.357. The maximum absolute atomic E-state index is 14.3. The van der Waals surface area contributed by atoms with Gasteiger partial charge in [0.05, 0.1) is 6.33 Å². The first-order chi connectivity index (χ1) is 25.6. The van der Waals surface area contributed by atoms with E-state index in [1.807, 2.05) is 96.9 Å². The average molecular weight is 732 g/mol. The third-order valence-corrected chi connectivity index (χ3v) is 9.82. The summed E-state index contributed by atoms with van der Waals surface area (Å²) in [6.07, 6.45) is 6.28. The van der Waals surface area contributed by atoms with Gasteiger partial charge < -0.3 is 35.1 Å². The second-order valence-electron chi connectivity index (χ2n) is 15.5. The van der Waals surface area contributed by atoms with Gasteiger partial charge in [-0.15, -0.1) is 0 Å². The van der Waals surface area contributed by atoms with Crippen molar-refractivity contribution in [3.63, 3.8) is 0 Å². The number of nitrogens with one attached hydrogen (secondary N) is 4. The van der Waals surface area contributed by atoms with E-state index in [2.05, 4.69) is 25.9 Å². The molecule has 3 aromatic carbocycles. The van der Waals surface area contributed by atoms with Crippen LogP contribution in [0, 0.1) is 0 Å². The number of likely N-dealkylation sites (tertiary alicyclic amines) is 1. The number of fused-ring (bicyclic) bond motifs is 1. The van der Waals surface area contributed by atoms with Gasteiger partial charge in [-0.2, -0.15) is 0 Å². The van der Waals surface area contributed by atoms with E-state index in [0.29, 0.717) is 13.1 Å². The van der Waals surface area contributed by atoms with Crippen molar-refractivity contribution in [2.75, 3.05) is 18.4 Å². The van der Waals surface area contributed by atoms with Crippen LogP contribution in [-0.2, 0) is 31.1 Å². The third-order valence-electron chi connectivity index (χ3n) is 9.82. The predicted molar refractivity (Wildman–Crippen MR) is 209 cm³/mol. The molecule has 1 aliphatic rings. The molecule has 12 nitrogen and oxygen atoms in total. The number of nitrogens with zero attached hydrogens (tertiary/aromatic N) is 3. The minimum Gasteiger partial charge on any atom is -0.444 e. The van der Waals surface area contributed by atoms with E-state index in [1.165, 1.54) is 0 Å². The minimum absolute atomic E-state index is 0.0630. The van der Waals surface area contributed by atoms with Crippen molar-refractivity contribution in [1.29, 1.82) is 0 Å². The Bertz CT molecular complexity index is 2130. The number of hydrogen-bond acceptors (Lipinski definition) is 6. The second kappa shape index (κ2) is 15.2. The van der Waals surface area contributed by atoms with Crippen LogP contribution in [0.5, 0.6) is 0 Å². The predicted octanol–water partition coefficient (Wildman–Crippen LogP) is 6.39. The van der Waals surface area contributed by atoms with E-state index < -0.39 is 40.6 Å². The Morgan fingerprint density at radius 3 is 2.19 bits per heavy atom. The number of imidazole rings is 1. The summed E-state index contributed by atoms with van der Waals surface area (Å²) in [7, 11) is 0. The van der Waals surface area contributed by atoms with Crippen LogP contribution >= 0.6 is 0 Å². The lowest BCUT2D eigenvalue weighted by Crippen LogP contribution is -2.59. The van der Waals surface area contributed by atoms with E-state index in [9.17, 15) is 19.2 Å². The number of anilines is 1. The molecular formula is C42H49N7O5. The Kier molecular flexibility index (Phi) is 10.7. The summed E-state index contributed by atoms with van der Waals surface area (Å²) in [5.74, 6) is -0.953. The number of alkyl carbamates (subject to hydrolysis) is 1. The monoisotopic (exact) mass is 731 g/mol. The molecule has 54 heavy (non-hydrogen) atoms. The van der Waals surface area contributed by atoms with Crippen molar-refractivity contribution in [2.45, 2.75) is 83.5 Å². The molecule has 4 N–H and O–H groups in total. The molecule has 4 amide bonds. The van der Waals surface area contributed by atoms with Gasteiger partial charge in [0.25, 0.3) is 5.91 Å². The van der Waals surface area contributed by atoms with Crippen LogP contribution < -0.4 is 16.0 Å². The average Bonchev–Trinajstić information content (AvgIpc) is 3.93. The van der Waals surface area contributed by atoms with Crippen molar-refractivity contribution < 1.29 is 23.9 Å². The smallest absolute Gasteiger partial charge is 0.408 e. The summed E-state index contributed by atoms with van der Waals surface area (Å²) in [6, 6.07) is 24.6. The van der Waals surface area contributed by atoms with Gasteiger partial charge in [0.1, 0.15) is 22.7 Å². The molecular weight excluding hydrogens is 683 g/mol. The van der Waals surface area contributed by atoms with Crippen molar-refractivity contribution >= 4 is 40.5 Å². The van der Waals surface area contributed by atoms with E-state index in [0.717, 1.165) is 46.0 Å². The van der Waals surface area contributed by atoms with Gasteiger partial charge in [0.15, 0.2) is 5.82 Å². The second-order valence-corrected chi connectivity index (χ2v) is 15.5. The summed E-state index contributed by atoms with van der Waals surface area (Å²) < 4.78 is 7.11. The highest BCUT2D eigenvalue weighted by Crippen LogP contribution is 2.33. The van der Waals surface area contributed by atoms with Crippen LogP contribution in [-0.4, -0.2) is 73.5 Å². The number of carbonyl (C=O) groups excluding carboxylic acids is 4.